The zero-order valence-corrected chi connectivity index (χ0v) is 16.6. The first-order valence-corrected chi connectivity index (χ1v) is 9.73. The van der Waals surface area contributed by atoms with Crippen LogP contribution in [0.1, 0.15) is 4.88 Å². The zero-order valence-electron chi connectivity index (χ0n) is 14.2. The molecule has 136 valence electrons. The molecular weight excluding hydrogens is 426 g/mol. The molecule has 0 unspecified atom stereocenters. The summed E-state index contributed by atoms with van der Waals surface area (Å²) in [4.78, 5) is 29.7. The number of aromatic nitrogens is 1. The Bertz CT molecular complexity index is 953. The number of thiophene rings is 1. The monoisotopic (exact) mass is 441 g/mol. The molecule has 0 bridgehead atoms. The minimum atomic E-state index is -0.324. The number of hydrogen-bond donors (Lipinski definition) is 2. The molecule has 2 N–H and O–H groups in total. The van der Waals surface area contributed by atoms with Crippen molar-refractivity contribution in [3.8, 4) is 10.4 Å². The fourth-order valence-electron chi connectivity index (χ4n) is 2.24. The fourth-order valence-corrected chi connectivity index (χ4v) is 3.42. The van der Waals surface area contributed by atoms with E-state index in [2.05, 4.69) is 31.5 Å². The molecule has 2 aromatic heterocycles. The molecule has 0 aliphatic rings. The van der Waals surface area contributed by atoms with Gasteiger partial charge in [0.2, 0.25) is 11.8 Å². The van der Waals surface area contributed by atoms with Crippen LogP contribution < -0.4 is 10.6 Å². The van der Waals surface area contributed by atoms with Gasteiger partial charge in [0.15, 0.2) is 0 Å². The Labute approximate surface area is 169 Å². The lowest BCUT2D eigenvalue weighted by Gasteiger charge is -2.04. The molecule has 0 spiro atoms. The van der Waals surface area contributed by atoms with E-state index in [1.807, 2.05) is 36.4 Å². The van der Waals surface area contributed by atoms with Gasteiger partial charge in [0.1, 0.15) is 0 Å². The molecule has 5 nitrogen and oxygen atoms in total. The van der Waals surface area contributed by atoms with Gasteiger partial charge in [-0.3, -0.25) is 14.6 Å². The maximum absolute atomic E-state index is 11.9. The summed E-state index contributed by atoms with van der Waals surface area (Å²) in [5, 5.41) is 5.21. The number of amides is 2. The minimum Gasteiger partial charge on any atom is -0.343 e. The molecule has 0 saturated heterocycles. The normalized spacial score (nSPS) is 10.7. The van der Waals surface area contributed by atoms with Crippen molar-refractivity contribution in [1.82, 2.24) is 10.3 Å². The second-order valence-electron chi connectivity index (χ2n) is 5.55. The zero-order chi connectivity index (χ0) is 19.1. The molecule has 2 amide bonds. The lowest BCUT2D eigenvalue weighted by atomic mass is 10.2. The molecule has 0 fully saturated rings. The van der Waals surface area contributed by atoms with Gasteiger partial charge in [-0.2, -0.15) is 0 Å². The molecule has 1 aromatic carbocycles. The third-order valence-corrected chi connectivity index (χ3v) is 5.15. The van der Waals surface area contributed by atoms with Gasteiger partial charge in [0.25, 0.3) is 0 Å². The Morgan fingerprint density at radius 2 is 1.93 bits per heavy atom. The SMILES string of the molecule is O=C(/C=C/c1ccc(-c2ccc(Br)cc2)s1)NCC(=O)Nc1cccnc1. The molecule has 0 aliphatic heterocycles. The van der Waals surface area contributed by atoms with Crippen molar-refractivity contribution in [2.75, 3.05) is 11.9 Å². The average Bonchev–Trinajstić information content (AvgIpc) is 3.15. The van der Waals surface area contributed by atoms with Gasteiger partial charge in [-0.15, -0.1) is 11.3 Å². The number of benzene rings is 1. The Kier molecular flexibility index (Phi) is 6.51. The van der Waals surface area contributed by atoms with E-state index in [1.54, 1.807) is 41.9 Å². The smallest absolute Gasteiger partial charge is 0.244 e. The van der Waals surface area contributed by atoms with E-state index in [0.717, 1.165) is 19.8 Å². The number of pyridine rings is 1. The highest BCUT2D eigenvalue weighted by molar-refractivity contribution is 9.10. The molecule has 2 heterocycles. The average molecular weight is 442 g/mol. The summed E-state index contributed by atoms with van der Waals surface area (Å²) in [6, 6.07) is 15.5. The number of nitrogens with zero attached hydrogens (tertiary/aromatic N) is 1. The van der Waals surface area contributed by atoms with Crippen molar-refractivity contribution in [3.63, 3.8) is 0 Å². The number of carbonyl (C=O) groups excluding carboxylic acids is 2. The van der Waals surface area contributed by atoms with Crippen molar-refractivity contribution in [1.29, 1.82) is 0 Å². The van der Waals surface area contributed by atoms with Crippen molar-refractivity contribution >= 4 is 50.8 Å². The highest BCUT2D eigenvalue weighted by Gasteiger charge is 2.05. The van der Waals surface area contributed by atoms with Gasteiger partial charge in [-0.1, -0.05) is 28.1 Å². The third kappa shape index (κ3) is 5.87. The summed E-state index contributed by atoms with van der Waals surface area (Å²) < 4.78 is 1.03. The Balaban J connectivity index is 1.50. The second-order valence-corrected chi connectivity index (χ2v) is 7.58. The summed E-state index contributed by atoms with van der Waals surface area (Å²) in [5.41, 5.74) is 1.71. The van der Waals surface area contributed by atoms with E-state index in [-0.39, 0.29) is 18.4 Å². The van der Waals surface area contributed by atoms with Crippen LogP contribution in [0.15, 0.2) is 71.5 Å². The number of anilines is 1. The Morgan fingerprint density at radius 1 is 1.11 bits per heavy atom. The Morgan fingerprint density at radius 3 is 2.67 bits per heavy atom. The van der Waals surface area contributed by atoms with E-state index in [0.29, 0.717) is 5.69 Å². The first-order chi connectivity index (χ1) is 13.1. The van der Waals surface area contributed by atoms with Crippen LogP contribution in [-0.4, -0.2) is 23.3 Å². The lowest BCUT2D eigenvalue weighted by molar-refractivity contribution is -0.121. The van der Waals surface area contributed by atoms with Crippen LogP contribution in [0.4, 0.5) is 5.69 Å². The predicted octanol–water partition coefficient (Wildman–Crippen LogP) is 4.34. The second kappa shape index (κ2) is 9.25. The summed E-state index contributed by atoms with van der Waals surface area (Å²) in [6.45, 7) is -0.105. The summed E-state index contributed by atoms with van der Waals surface area (Å²) in [5.74, 6) is -0.631. The van der Waals surface area contributed by atoms with E-state index < -0.39 is 0 Å². The van der Waals surface area contributed by atoms with Crippen molar-refractivity contribution in [2.24, 2.45) is 0 Å². The summed E-state index contributed by atoms with van der Waals surface area (Å²) in [6.07, 6.45) is 6.32. The van der Waals surface area contributed by atoms with Crippen LogP contribution in [0.3, 0.4) is 0 Å². The van der Waals surface area contributed by atoms with Crippen LogP contribution in [-0.2, 0) is 9.59 Å². The first-order valence-electron chi connectivity index (χ1n) is 8.12. The number of hydrogen-bond acceptors (Lipinski definition) is 4. The fraction of sp³-hybridized carbons (Fsp3) is 0.0500. The van der Waals surface area contributed by atoms with Gasteiger partial charge in [0, 0.05) is 26.5 Å². The molecule has 0 radical (unpaired) electrons. The van der Waals surface area contributed by atoms with E-state index >= 15 is 0 Å². The van der Waals surface area contributed by atoms with Crippen molar-refractivity contribution < 1.29 is 9.59 Å². The molecular formula is C20H16BrN3O2S. The van der Waals surface area contributed by atoms with Crippen molar-refractivity contribution in [2.45, 2.75) is 0 Å². The molecule has 3 rings (SSSR count). The first kappa shape index (κ1) is 19.0. The number of nitrogens with one attached hydrogen (secondary N) is 2. The maximum Gasteiger partial charge on any atom is 0.244 e. The van der Waals surface area contributed by atoms with Crippen LogP contribution in [0, 0.1) is 0 Å². The van der Waals surface area contributed by atoms with Crippen LogP contribution in [0.2, 0.25) is 0 Å². The third-order valence-electron chi connectivity index (χ3n) is 3.52. The van der Waals surface area contributed by atoms with Gasteiger partial charge < -0.3 is 10.6 Å². The van der Waals surface area contributed by atoms with E-state index in [1.165, 1.54) is 6.08 Å². The number of carbonyl (C=O) groups is 2. The predicted molar refractivity (Wildman–Crippen MR) is 112 cm³/mol. The van der Waals surface area contributed by atoms with Gasteiger partial charge >= 0.3 is 0 Å². The topological polar surface area (TPSA) is 71.1 Å². The van der Waals surface area contributed by atoms with Crippen LogP contribution in [0.5, 0.6) is 0 Å². The van der Waals surface area contributed by atoms with Gasteiger partial charge in [0.05, 0.1) is 18.4 Å². The molecule has 27 heavy (non-hydrogen) atoms. The van der Waals surface area contributed by atoms with Gasteiger partial charge in [-0.05, 0) is 48.0 Å². The van der Waals surface area contributed by atoms with Gasteiger partial charge in [-0.25, -0.2) is 0 Å². The number of halogens is 1. The van der Waals surface area contributed by atoms with Crippen LogP contribution in [0.25, 0.3) is 16.5 Å². The summed E-state index contributed by atoms with van der Waals surface area (Å²) in [7, 11) is 0. The molecule has 0 saturated carbocycles. The lowest BCUT2D eigenvalue weighted by Crippen LogP contribution is -2.31. The summed E-state index contributed by atoms with van der Waals surface area (Å²) >= 11 is 5.02. The quantitative estimate of drug-likeness (QED) is 0.558. The minimum absolute atomic E-state index is 0.105. The van der Waals surface area contributed by atoms with Crippen LogP contribution >= 0.6 is 27.3 Å². The molecule has 3 aromatic rings. The molecule has 0 aliphatic carbocycles. The molecule has 7 heteroatoms. The van der Waals surface area contributed by atoms with Crippen molar-refractivity contribution in [3.05, 3.63) is 76.4 Å². The molecule has 0 atom stereocenters. The standard InChI is InChI=1S/C20H16BrN3O2S/c21-15-5-3-14(4-6-15)18-9-7-17(27-18)8-10-19(25)23-13-20(26)24-16-2-1-11-22-12-16/h1-12H,13H2,(H,23,25)(H,24,26)/b10-8+. The largest absolute Gasteiger partial charge is 0.343 e. The Hall–Kier alpha value is -2.77. The van der Waals surface area contributed by atoms with E-state index in [4.69, 9.17) is 0 Å². The number of rotatable bonds is 6. The maximum atomic E-state index is 11.9. The highest BCUT2D eigenvalue weighted by Crippen LogP contribution is 2.29. The highest BCUT2D eigenvalue weighted by atomic mass is 79.9. The van der Waals surface area contributed by atoms with E-state index in [9.17, 15) is 9.59 Å².